The summed E-state index contributed by atoms with van der Waals surface area (Å²) in [4.78, 5) is 24.0. The van der Waals surface area contributed by atoms with E-state index < -0.39 is 5.97 Å². The van der Waals surface area contributed by atoms with E-state index in [1.807, 2.05) is 32.9 Å². The lowest BCUT2D eigenvalue weighted by Gasteiger charge is -2.13. The summed E-state index contributed by atoms with van der Waals surface area (Å²) in [6, 6.07) is 10.6. The molecule has 0 bridgehead atoms. The molecule has 5 heteroatoms. The van der Waals surface area contributed by atoms with Gasteiger partial charge >= 0.3 is 5.97 Å². The van der Waals surface area contributed by atoms with E-state index in [0.717, 1.165) is 22.4 Å². The molecule has 2 rings (SSSR count). The molecule has 126 valence electrons. The predicted molar refractivity (Wildman–Crippen MR) is 92.6 cm³/mol. The smallest absolute Gasteiger partial charge is 0.338 e. The van der Waals surface area contributed by atoms with Crippen molar-refractivity contribution in [1.29, 1.82) is 0 Å². The van der Waals surface area contributed by atoms with E-state index in [2.05, 4.69) is 5.32 Å². The number of rotatable bonds is 5. The van der Waals surface area contributed by atoms with E-state index in [1.165, 1.54) is 7.11 Å². The lowest BCUT2D eigenvalue weighted by molar-refractivity contribution is -0.119. The molecule has 0 fully saturated rings. The van der Waals surface area contributed by atoms with Crippen LogP contribution < -0.4 is 10.1 Å². The van der Waals surface area contributed by atoms with Crippen LogP contribution in [0.15, 0.2) is 36.4 Å². The quantitative estimate of drug-likeness (QED) is 0.855. The number of benzene rings is 2. The van der Waals surface area contributed by atoms with Gasteiger partial charge in [-0.2, -0.15) is 0 Å². The van der Waals surface area contributed by atoms with Crippen molar-refractivity contribution in [2.45, 2.75) is 20.8 Å². The third kappa shape index (κ3) is 4.35. The Labute approximate surface area is 141 Å². The first-order valence-electron chi connectivity index (χ1n) is 7.59. The monoisotopic (exact) mass is 327 g/mol. The van der Waals surface area contributed by atoms with Crippen molar-refractivity contribution in [2.24, 2.45) is 0 Å². The van der Waals surface area contributed by atoms with Crippen molar-refractivity contribution in [3.05, 3.63) is 58.7 Å². The summed E-state index contributed by atoms with van der Waals surface area (Å²) < 4.78 is 10.1. The summed E-state index contributed by atoms with van der Waals surface area (Å²) in [5.74, 6) is -0.387. The van der Waals surface area contributed by atoms with Gasteiger partial charge in [0.1, 0.15) is 5.75 Å². The van der Waals surface area contributed by atoms with Crippen LogP contribution in [0.1, 0.15) is 27.0 Å². The number of hydrogen-bond acceptors (Lipinski definition) is 4. The zero-order chi connectivity index (χ0) is 17.7. The first-order chi connectivity index (χ1) is 11.4. The maximum absolute atomic E-state index is 12.0. The molecule has 0 spiro atoms. The number of amides is 1. The maximum atomic E-state index is 12.0. The van der Waals surface area contributed by atoms with Crippen molar-refractivity contribution >= 4 is 17.6 Å². The lowest BCUT2D eigenvalue weighted by atomic mass is 10.1. The highest BCUT2D eigenvalue weighted by atomic mass is 16.5. The Morgan fingerprint density at radius 2 is 1.71 bits per heavy atom. The minimum absolute atomic E-state index is 0.338. The van der Waals surface area contributed by atoms with Crippen LogP contribution in [0.5, 0.6) is 5.75 Å². The van der Waals surface area contributed by atoms with E-state index in [0.29, 0.717) is 11.3 Å². The number of hydrogen-bond donors (Lipinski definition) is 1. The molecule has 0 aliphatic heterocycles. The highest BCUT2D eigenvalue weighted by Crippen LogP contribution is 2.21. The first kappa shape index (κ1) is 17.5. The molecule has 1 N–H and O–H groups in total. The molecule has 2 aromatic carbocycles. The van der Waals surface area contributed by atoms with E-state index in [1.54, 1.807) is 24.3 Å². The van der Waals surface area contributed by atoms with Gasteiger partial charge in [0.15, 0.2) is 6.61 Å². The van der Waals surface area contributed by atoms with Crippen LogP contribution in [0.3, 0.4) is 0 Å². The number of aryl methyl sites for hydroxylation is 3. The Balaban J connectivity index is 1.97. The molecule has 0 atom stereocenters. The molecule has 0 saturated carbocycles. The summed E-state index contributed by atoms with van der Waals surface area (Å²) >= 11 is 0. The Bertz CT molecular complexity index is 745. The van der Waals surface area contributed by atoms with Crippen LogP contribution in [-0.2, 0) is 9.53 Å². The standard InChI is InChI=1S/C19H21NO4/c1-12-8-13(2)18(14(3)9-12)20-17(21)11-24-19(22)15-6-5-7-16(10-15)23-4/h5-10H,11H2,1-4H3,(H,20,21). The Morgan fingerprint density at radius 1 is 1.04 bits per heavy atom. The molecular formula is C19H21NO4. The topological polar surface area (TPSA) is 64.6 Å². The van der Waals surface area contributed by atoms with Gasteiger partial charge in [-0.15, -0.1) is 0 Å². The molecule has 0 aromatic heterocycles. The predicted octanol–water partition coefficient (Wildman–Crippen LogP) is 3.42. The fourth-order valence-electron chi connectivity index (χ4n) is 2.52. The number of carbonyl (C=O) groups is 2. The second-order valence-corrected chi connectivity index (χ2v) is 5.63. The molecule has 0 unspecified atom stereocenters. The normalized spacial score (nSPS) is 10.2. The van der Waals surface area contributed by atoms with Crippen LogP contribution >= 0.6 is 0 Å². The van der Waals surface area contributed by atoms with Gasteiger partial charge in [-0.05, 0) is 50.1 Å². The van der Waals surface area contributed by atoms with Crippen molar-refractivity contribution in [3.63, 3.8) is 0 Å². The molecule has 0 aliphatic carbocycles. The summed E-state index contributed by atoms with van der Waals surface area (Å²) in [6.07, 6.45) is 0. The van der Waals surface area contributed by atoms with Crippen LogP contribution in [0, 0.1) is 20.8 Å². The van der Waals surface area contributed by atoms with Gasteiger partial charge in [0.25, 0.3) is 5.91 Å². The summed E-state index contributed by atoms with van der Waals surface area (Å²) in [5, 5.41) is 2.79. The van der Waals surface area contributed by atoms with Gasteiger partial charge in [0.2, 0.25) is 0 Å². The van der Waals surface area contributed by atoms with Crippen molar-refractivity contribution in [1.82, 2.24) is 0 Å². The minimum atomic E-state index is -0.568. The third-order valence-electron chi connectivity index (χ3n) is 3.58. The molecule has 2 aromatic rings. The van der Waals surface area contributed by atoms with Crippen LogP contribution in [0.25, 0.3) is 0 Å². The van der Waals surface area contributed by atoms with Gasteiger partial charge in [0.05, 0.1) is 12.7 Å². The summed E-state index contributed by atoms with van der Waals surface area (Å²) in [5.41, 5.74) is 4.17. The highest BCUT2D eigenvalue weighted by molar-refractivity contribution is 5.96. The lowest BCUT2D eigenvalue weighted by Crippen LogP contribution is -2.22. The molecule has 1 amide bonds. The number of methoxy groups -OCH3 is 1. The van der Waals surface area contributed by atoms with E-state index in [4.69, 9.17) is 9.47 Å². The minimum Gasteiger partial charge on any atom is -0.497 e. The number of esters is 1. The van der Waals surface area contributed by atoms with Gasteiger partial charge in [-0.1, -0.05) is 23.8 Å². The summed E-state index contributed by atoms with van der Waals surface area (Å²) in [6.45, 7) is 5.51. The molecule has 0 saturated heterocycles. The van der Waals surface area contributed by atoms with Gasteiger partial charge in [-0.25, -0.2) is 4.79 Å². The van der Waals surface area contributed by atoms with Crippen molar-refractivity contribution < 1.29 is 19.1 Å². The SMILES string of the molecule is COc1cccc(C(=O)OCC(=O)Nc2c(C)cc(C)cc2C)c1. The van der Waals surface area contributed by atoms with E-state index >= 15 is 0 Å². The molecule has 24 heavy (non-hydrogen) atoms. The molecule has 0 radical (unpaired) electrons. The van der Waals surface area contributed by atoms with Crippen molar-refractivity contribution in [3.8, 4) is 5.75 Å². The van der Waals surface area contributed by atoms with Crippen LogP contribution in [-0.4, -0.2) is 25.6 Å². The molecule has 5 nitrogen and oxygen atoms in total. The zero-order valence-corrected chi connectivity index (χ0v) is 14.3. The molecular weight excluding hydrogens is 306 g/mol. The van der Waals surface area contributed by atoms with Gasteiger partial charge in [0, 0.05) is 5.69 Å². The number of carbonyl (C=O) groups excluding carboxylic acids is 2. The number of anilines is 1. The van der Waals surface area contributed by atoms with Crippen LogP contribution in [0.2, 0.25) is 0 Å². The van der Waals surface area contributed by atoms with E-state index in [-0.39, 0.29) is 12.5 Å². The number of ether oxygens (including phenoxy) is 2. The average molecular weight is 327 g/mol. The van der Waals surface area contributed by atoms with Crippen molar-refractivity contribution in [2.75, 3.05) is 19.0 Å². The highest BCUT2D eigenvalue weighted by Gasteiger charge is 2.13. The van der Waals surface area contributed by atoms with E-state index in [9.17, 15) is 9.59 Å². The third-order valence-corrected chi connectivity index (χ3v) is 3.58. The Morgan fingerprint density at radius 3 is 2.33 bits per heavy atom. The molecule has 0 aliphatic rings. The molecule has 0 heterocycles. The van der Waals surface area contributed by atoms with Gasteiger partial charge < -0.3 is 14.8 Å². The second kappa shape index (κ2) is 7.64. The second-order valence-electron chi connectivity index (χ2n) is 5.63. The maximum Gasteiger partial charge on any atom is 0.338 e. The Hall–Kier alpha value is -2.82. The summed E-state index contributed by atoms with van der Waals surface area (Å²) in [7, 11) is 1.52. The first-order valence-corrected chi connectivity index (χ1v) is 7.59. The van der Waals surface area contributed by atoms with Gasteiger partial charge in [-0.3, -0.25) is 4.79 Å². The largest absolute Gasteiger partial charge is 0.497 e. The fourth-order valence-corrected chi connectivity index (χ4v) is 2.52. The van der Waals surface area contributed by atoms with Crippen LogP contribution in [0.4, 0.5) is 5.69 Å². The number of nitrogens with one attached hydrogen (secondary N) is 1. The zero-order valence-electron chi connectivity index (χ0n) is 14.3. The Kier molecular flexibility index (Phi) is 5.58. The fraction of sp³-hybridized carbons (Fsp3) is 0.263. The average Bonchev–Trinajstić information content (AvgIpc) is 2.56.